The van der Waals surface area contributed by atoms with Crippen molar-refractivity contribution in [2.24, 2.45) is 0 Å². The van der Waals surface area contributed by atoms with Crippen LogP contribution in [0.15, 0.2) is 0 Å². The summed E-state index contributed by atoms with van der Waals surface area (Å²) in [7, 11) is 0. The molecule has 3 heteroatoms. The molecule has 0 aromatic heterocycles. The molecule has 0 bridgehead atoms. The molecule has 1 rings (SSSR count). The Hall–Kier alpha value is -0.570. The van der Waals surface area contributed by atoms with Crippen LogP contribution in [-0.4, -0.2) is 29.2 Å². The van der Waals surface area contributed by atoms with Gasteiger partial charge in [0.15, 0.2) is 0 Å². The fourth-order valence-corrected chi connectivity index (χ4v) is 1.06. The molecule has 1 atom stereocenters. The number of aliphatic hydroxyl groups is 1. The van der Waals surface area contributed by atoms with E-state index in [4.69, 9.17) is 5.11 Å². The second-order valence-electron chi connectivity index (χ2n) is 2.32. The zero-order chi connectivity index (χ0) is 6.69. The van der Waals surface area contributed by atoms with Crippen molar-refractivity contribution in [3.8, 4) is 0 Å². The van der Waals surface area contributed by atoms with Gasteiger partial charge in [0.2, 0.25) is 6.41 Å². The SMILES string of the molecule is O=CN1CCCCC1O. The monoisotopic (exact) mass is 129 g/mol. The van der Waals surface area contributed by atoms with E-state index >= 15 is 0 Å². The van der Waals surface area contributed by atoms with Gasteiger partial charge in [-0.1, -0.05) is 0 Å². The maximum absolute atomic E-state index is 10.1. The first-order chi connectivity index (χ1) is 4.34. The van der Waals surface area contributed by atoms with Crippen molar-refractivity contribution < 1.29 is 9.90 Å². The highest BCUT2D eigenvalue weighted by atomic mass is 16.3. The van der Waals surface area contributed by atoms with Crippen molar-refractivity contribution in [3.05, 3.63) is 0 Å². The van der Waals surface area contributed by atoms with Gasteiger partial charge in [0.1, 0.15) is 6.23 Å². The number of carbonyl (C=O) groups excluding carboxylic acids is 1. The molecule has 0 saturated carbocycles. The Morgan fingerprint density at radius 2 is 2.33 bits per heavy atom. The van der Waals surface area contributed by atoms with Crippen LogP contribution >= 0.6 is 0 Å². The molecular formula is C6H11NO2. The lowest BCUT2D eigenvalue weighted by Gasteiger charge is -2.27. The van der Waals surface area contributed by atoms with E-state index in [1.807, 2.05) is 0 Å². The van der Waals surface area contributed by atoms with Crippen LogP contribution in [0.3, 0.4) is 0 Å². The second kappa shape index (κ2) is 2.82. The van der Waals surface area contributed by atoms with E-state index in [-0.39, 0.29) is 0 Å². The largest absolute Gasteiger partial charge is 0.374 e. The molecule has 0 spiro atoms. The number of piperidine rings is 1. The normalized spacial score (nSPS) is 28.1. The molecular weight excluding hydrogens is 118 g/mol. The Labute approximate surface area is 54.3 Å². The van der Waals surface area contributed by atoms with Gasteiger partial charge in [-0.05, 0) is 19.3 Å². The second-order valence-corrected chi connectivity index (χ2v) is 2.32. The highest BCUT2D eigenvalue weighted by Crippen LogP contribution is 2.11. The molecule has 0 aliphatic carbocycles. The van der Waals surface area contributed by atoms with Gasteiger partial charge in [0.25, 0.3) is 0 Å². The molecule has 1 aliphatic rings. The summed E-state index contributed by atoms with van der Waals surface area (Å²) in [4.78, 5) is 11.6. The van der Waals surface area contributed by atoms with Gasteiger partial charge >= 0.3 is 0 Å². The molecule has 1 fully saturated rings. The molecule has 0 aromatic carbocycles. The van der Waals surface area contributed by atoms with Crippen LogP contribution in [0.4, 0.5) is 0 Å². The van der Waals surface area contributed by atoms with Gasteiger partial charge in [0.05, 0.1) is 0 Å². The quantitative estimate of drug-likeness (QED) is 0.504. The van der Waals surface area contributed by atoms with Crippen LogP contribution in [0, 0.1) is 0 Å². The van der Waals surface area contributed by atoms with E-state index < -0.39 is 6.23 Å². The highest BCUT2D eigenvalue weighted by molar-refractivity contribution is 5.47. The Morgan fingerprint density at radius 1 is 1.56 bits per heavy atom. The van der Waals surface area contributed by atoms with Gasteiger partial charge in [-0.2, -0.15) is 0 Å². The summed E-state index contributed by atoms with van der Waals surface area (Å²) < 4.78 is 0. The van der Waals surface area contributed by atoms with Crippen LogP contribution in [0.25, 0.3) is 0 Å². The Bertz CT molecular complexity index is 105. The first-order valence-electron chi connectivity index (χ1n) is 3.23. The van der Waals surface area contributed by atoms with Crippen LogP contribution in [-0.2, 0) is 4.79 Å². The van der Waals surface area contributed by atoms with Gasteiger partial charge in [-0.3, -0.25) is 4.79 Å². The molecule has 0 radical (unpaired) electrons. The van der Waals surface area contributed by atoms with Gasteiger partial charge < -0.3 is 10.0 Å². The fraction of sp³-hybridized carbons (Fsp3) is 0.833. The maximum atomic E-state index is 10.1. The van der Waals surface area contributed by atoms with E-state index in [2.05, 4.69) is 0 Å². The van der Waals surface area contributed by atoms with Gasteiger partial charge in [0, 0.05) is 6.54 Å². The predicted molar refractivity (Wildman–Crippen MR) is 32.6 cm³/mol. The lowest BCUT2D eigenvalue weighted by Crippen LogP contribution is -2.37. The maximum Gasteiger partial charge on any atom is 0.211 e. The van der Waals surface area contributed by atoms with Crippen molar-refractivity contribution in [1.82, 2.24) is 4.90 Å². The molecule has 0 aromatic rings. The summed E-state index contributed by atoms with van der Waals surface area (Å²) in [5, 5.41) is 9.06. The van der Waals surface area contributed by atoms with Crippen molar-refractivity contribution in [2.45, 2.75) is 25.5 Å². The van der Waals surface area contributed by atoms with Gasteiger partial charge in [-0.25, -0.2) is 0 Å². The van der Waals surface area contributed by atoms with Gasteiger partial charge in [-0.15, -0.1) is 0 Å². The van der Waals surface area contributed by atoms with Crippen LogP contribution in [0.2, 0.25) is 0 Å². The number of amides is 1. The predicted octanol–water partition coefficient (Wildman–Crippen LogP) is -0.0529. The third-order valence-electron chi connectivity index (χ3n) is 1.65. The topological polar surface area (TPSA) is 40.5 Å². The standard InChI is InChI=1S/C6H11NO2/c8-5-7-4-2-1-3-6(7)9/h5-6,9H,1-4H2. The van der Waals surface area contributed by atoms with E-state index in [0.29, 0.717) is 13.0 Å². The number of rotatable bonds is 1. The Balaban J connectivity index is 2.38. The third kappa shape index (κ3) is 1.42. The molecule has 52 valence electrons. The minimum absolute atomic E-state index is 0.517. The van der Waals surface area contributed by atoms with Crippen LogP contribution in [0.1, 0.15) is 19.3 Å². The zero-order valence-electron chi connectivity index (χ0n) is 5.29. The molecule has 1 unspecified atom stereocenters. The minimum atomic E-state index is -0.517. The number of carbonyl (C=O) groups is 1. The summed E-state index contributed by atoms with van der Waals surface area (Å²) in [6.45, 7) is 0.713. The third-order valence-corrected chi connectivity index (χ3v) is 1.65. The molecule has 3 nitrogen and oxygen atoms in total. The number of likely N-dealkylation sites (tertiary alicyclic amines) is 1. The fourth-order valence-electron chi connectivity index (χ4n) is 1.06. The van der Waals surface area contributed by atoms with E-state index in [1.54, 1.807) is 0 Å². The lowest BCUT2D eigenvalue weighted by molar-refractivity contribution is -0.130. The number of nitrogens with zero attached hydrogens (tertiary/aromatic N) is 1. The molecule has 1 N–H and O–H groups in total. The number of hydrogen-bond acceptors (Lipinski definition) is 2. The number of aliphatic hydroxyl groups excluding tert-OH is 1. The Morgan fingerprint density at radius 3 is 2.78 bits per heavy atom. The van der Waals surface area contributed by atoms with Crippen LogP contribution in [0.5, 0.6) is 0 Å². The van der Waals surface area contributed by atoms with Crippen molar-refractivity contribution in [1.29, 1.82) is 0 Å². The molecule has 1 heterocycles. The average molecular weight is 129 g/mol. The van der Waals surface area contributed by atoms with E-state index in [0.717, 1.165) is 19.3 Å². The zero-order valence-corrected chi connectivity index (χ0v) is 5.29. The average Bonchev–Trinajstić information content (AvgIpc) is 1.89. The van der Waals surface area contributed by atoms with E-state index in [1.165, 1.54) is 4.90 Å². The summed E-state index contributed by atoms with van der Waals surface area (Å²) in [6, 6.07) is 0. The molecule has 1 saturated heterocycles. The van der Waals surface area contributed by atoms with Crippen LogP contribution < -0.4 is 0 Å². The molecule has 9 heavy (non-hydrogen) atoms. The summed E-state index contributed by atoms with van der Waals surface area (Å²) in [5.41, 5.74) is 0. The highest BCUT2D eigenvalue weighted by Gasteiger charge is 2.16. The van der Waals surface area contributed by atoms with Crippen molar-refractivity contribution in [2.75, 3.05) is 6.54 Å². The van der Waals surface area contributed by atoms with Crippen molar-refractivity contribution >= 4 is 6.41 Å². The summed E-state index contributed by atoms with van der Waals surface area (Å²) >= 11 is 0. The first kappa shape index (κ1) is 6.55. The minimum Gasteiger partial charge on any atom is -0.374 e. The number of hydrogen-bond donors (Lipinski definition) is 1. The Kier molecular flexibility index (Phi) is 2.05. The van der Waals surface area contributed by atoms with Crippen molar-refractivity contribution in [3.63, 3.8) is 0 Å². The molecule has 1 aliphatic heterocycles. The first-order valence-corrected chi connectivity index (χ1v) is 3.23. The smallest absolute Gasteiger partial charge is 0.211 e. The lowest BCUT2D eigenvalue weighted by atomic mass is 10.1. The molecule has 1 amide bonds. The summed E-state index contributed by atoms with van der Waals surface area (Å²) in [5.74, 6) is 0. The summed E-state index contributed by atoms with van der Waals surface area (Å²) in [6.07, 6.45) is 2.99. The van der Waals surface area contributed by atoms with E-state index in [9.17, 15) is 4.79 Å².